The van der Waals surface area contributed by atoms with E-state index in [0.717, 1.165) is 31.5 Å². The highest BCUT2D eigenvalue weighted by Crippen LogP contribution is 2.28. The van der Waals surface area contributed by atoms with Gasteiger partial charge in [-0.05, 0) is 61.2 Å². The molecule has 0 aliphatic carbocycles. The SMILES string of the molecule is Cc1cc(N2CCCC2)c(F)cc1/C=C(/C#N)C(=O)Nc1ccccc1Cl. The van der Waals surface area contributed by atoms with Gasteiger partial charge >= 0.3 is 0 Å². The molecule has 1 aliphatic heterocycles. The third kappa shape index (κ3) is 4.29. The number of nitrogens with one attached hydrogen (secondary N) is 1. The molecular weight excluding hydrogens is 365 g/mol. The second kappa shape index (κ2) is 8.24. The third-order valence-electron chi connectivity index (χ3n) is 4.57. The second-order valence-electron chi connectivity index (χ2n) is 6.46. The Morgan fingerprint density at radius 1 is 1.30 bits per heavy atom. The molecule has 6 heteroatoms. The number of hydrogen-bond acceptors (Lipinski definition) is 3. The molecule has 1 fully saturated rings. The average molecular weight is 384 g/mol. The third-order valence-corrected chi connectivity index (χ3v) is 4.90. The van der Waals surface area contributed by atoms with Gasteiger partial charge in [-0.25, -0.2) is 4.39 Å². The molecule has 4 nitrogen and oxygen atoms in total. The minimum Gasteiger partial charge on any atom is -0.369 e. The number of benzene rings is 2. The molecule has 0 bridgehead atoms. The molecule has 1 aliphatic rings. The number of amides is 1. The first kappa shape index (κ1) is 18.9. The first-order valence-electron chi connectivity index (χ1n) is 8.72. The zero-order valence-electron chi connectivity index (χ0n) is 14.9. The van der Waals surface area contributed by atoms with E-state index in [1.165, 1.54) is 12.1 Å². The average Bonchev–Trinajstić information content (AvgIpc) is 3.18. The summed E-state index contributed by atoms with van der Waals surface area (Å²) in [7, 11) is 0. The summed E-state index contributed by atoms with van der Waals surface area (Å²) >= 11 is 6.03. The fourth-order valence-electron chi connectivity index (χ4n) is 3.09. The van der Waals surface area contributed by atoms with E-state index in [2.05, 4.69) is 5.32 Å². The molecule has 1 N–H and O–H groups in total. The number of halogens is 2. The smallest absolute Gasteiger partial charge is 0.266 e. The van der Waals surface area contributed by atoms with Crippen LogP contribution in [0, 0.1) is 24.1 Å². The maximum atomic E-state index is 14.6. The van der Waals surface area contributed by atoms with Crippen molar-refractivity contribution in [1.82, 2.24) is 0 Å². The van der Waals surface area contributed by atoms with E-state index in [1.54, 1.807) is 30.3 Å². The Morgan fingerprint density at radius 3 is 2.67 bits per heavy atom. The quantitative estimate of drug-likeness (QED) is 0.601. The van der Waals surface area contributed by atoms with Crippen molar-refractivity contribution in [1.29, 1.82) is 5.26 Å². The van der Waals surface area contributed by atoms with Gasteiger partial charge in [-0.15, -0.1) is 0 Å². The fourth-order valence-corrected chi connectivity index (χ4v) is 3.28. The molecular formula is C21H19ClFN3O. The summed E-state index contributed by atoms with van der Waals surface area (Å²) < 4.78 is 14.6. The lowest BCUT2D eigenvalue weighted by molar-refractivity contribution is -0.112. The molecule has 0 atom stereocenters. The van der Waals surface area contributed by atoms with Gasteiger partial charge in [-0.3, -0.25) is 4.79 Å². The number of anilines is 2. The molecule has 0 spiro atoms. The Labute approximate surface area is 162 Å². The van der Waals surface area contributed by atoms with Crippen LogP contribution < -0.4 is 10.2 Å². The normalized spacial score (nSPS) is 14.1. The van der Waals surface area contributed by atoms with Crippen LogP contribution >= 0.6 is 11.6 Å². The molecule has 2 aromatic carbocycles. The van der Waals surface area contributed by atoms with Gasteiger partial charge in [0, 0.05) is 13.1 Å². The van der Waals surface area contributed by atoms with Gasteiger partial charge in [0.2, 0.25) is 0 Å². The molecule has 0 saturated carbocycles. The molecule has 138 valence electrons. The number of rotatable bonds is 4. The van der Waals surface area contributed by atoms with E-state index >= 15 is 0 Å². The Kier molecular flexibility index (Phi) is 5.78. The van der Waals surface area contributed by atoms with Crippen LogP contribution in [0.5, 0.6) is 0 Å². The van der Waals surface area contributed by atoms with Gasteiger partial charge in [-0.2, -0.15) is 5.26 Å². The van der Waals surface area contributed by atoms with Crippen molar-refractivity contribution in [2.24, 2.45) is 0 Å². The van der Waals surface area contributed by atoms with Crippen LogP contribution in [-0.2, 0) is 4.79 Å². The lowest BCUT2D eigenvalue weighted by atomic mass is 10.0. The van der Waals surface area contributed by atoms with Crippen LogP contribution in [0.3, 0.4) is 0 Å². The van der Waals surface area contributed by atoms with Gasteiger partial charge < -0.3 is 10.2 Å². The summed E-state index contributed by atoms with van der Waals surface area (Å²) in [5.74, 6) is -0.938. The van der Waals surface area contributed by atoms with E-state index in [9.17, 15) is 14.4 Å². The maximum absolute atomic E-state index is 14.6. The van der Waals surface area contributed by atoms with Crippen molar-refractivity contribution >= 4 is 35.0 Å². The van der Waals surface area contributed by atoms with E-state index in [4.69, 9.17) is 11.6 Å². The van der Waals surface area contributed by atoms with Crippen LogP contribution in [0.4, 0.5) is 15.8 Å². The standard InChI is InChI=1S/C21H19ClFN3O/c1-14-10-20(26-8-4-5-9-26)18(23)12-15(14)11-16(13-24)21(27)25-19-7-3-2-6-17(19)22/h2-3,6-7,10-12H,4-5,8-9H2,1H3,(H,25,27)/b16-11-. The van der Waals surface area contributed by atoms with E-state index in [0.29, 0.717) is 22.0 Å². The van der Waals surface area contributed by atoms with Crippen molar-refractivity contribution in [3.05, 3.63) is 63.9 Å². The molecule has 1 amide bonds. The number of aryl methyl sites for hydroxylation is 1. The van der Waals surface area contributed by atoms with Crippen LogP contribution in [0.15, 0.2) is 42.0 Å². The van der Waals surface area contributed by atoms with Crippen LogP contribution in [0.2, 0.25) is 5.02 Å². The van der Waals surface area contributed by atoms with E-state index in [-0.39, 0.29) is 11.4 Å². The molecule has 1 heterocycles. The highest BCUT2D eigenvalue weighted by Gasteiger charge is 2.18. The lowest BCUT2D eigenvalue weighted by Gasteiger charge is -2.19. The van der Waals surface area contributed by atoms with Crippen LogP contribution in [0.25, 0.3) is 6.08 Å². The molecule has 2 aromatic rings. The lowest BCUT2D eigenvalue weighted by Crippen LogP contribution is -2.19. The van der Waals surface area contributed by atoms with Crippen molar-refractivity contribution in [3.63, 3.8) is 0 Å². The van der Waals surface area contributed by atoms with E-state index < -0.39 is 5.91 Å². The van der Waals surface area contributed by atoms with Gasteiger partial charge in [0.25, 0.3) is 5.91 Å². The Hall–Kier alpha value is -2.84. The summed E-state index contributed by atoms with van der Waals surface area (Å²) in [6.07, 6.45) is 3.51. The highest BCUT2D eigenvalue weighted by molar-refractivity contribution is 6.34. The topological polar surface area (TPSA) is 56.1 Å². The van der Waals surface area contributed by atoms with Crippen molar-refractivity contribution in [2.45, 2.75) is 19.8 Å². The molecule has 0 aromatic heterocycles. The summed E-state index contributed by atoms with van der Waals surface area (Å²) in [5.41, 5.74) is 2.17. The number of para-hydroxylation sites is 1. The summed E-state index contributed by atoms with van der Waals surface area (Å²) in [5, 5.41) is 12.4. The molecule has 3 rings (SSSR count). The maximum Gasteiger partial charge on any atom is 0.266 e. The van der Waals surface area contributed by atoms with Crippen molar-refractivity contribution in [2.75, 3.05) is 23.3 Å². The van der Waals surface area contributed by atoms with Gasteiger partial charge in [-0.1, -0.05) is 23.7 Å². The molecule has 0 radical (unpaired) electrons. The number of carbonyl (C=O) groups is 1. The largest absolute Gasteiger partial charge is 0.369 e. The van der Waals surface area contributed by atoms with Crippen LogP contribution in [0.1, 0.15) is 24.0 Å². The predicted molar refractivity (Wildman–Crippen MR) is 106 cm³/mol. The molecule has 1 saturated heterocycles. The monoisotopic (exact) mass is 383 g/mol. The highest BCUT2D eigenvalue weighted by atomic mass is 35.5. The molecule has 27 heavy (non-hydrogen) atoms. The Bertz CT molecular complexity index is 943. The number of nitriles is 1. The Balaban J connectivity index is 1.87. The van der Waals surface area contributed by atoms with Crippen molar-refractivity contribution < 1.29 is 9.18 Å². The number of hydrogen-bond donors (Lipinski definition) is 1. The summed E-state index contributed by atoms with van der Waals surface area (Å²) in [4.78, 5) is 14.4. The summed E-state index contributed by atoms with van der Waals surface area (Å²) in [6, 6.07) is 11.8. The fraction of sp³-hybridized carbons (Fsp3) is 0.238. The van der Waals surface area contributed by atoms with Gasteiger partial charge in [0.1, 0.15) is 17.5 Å². The minimum absolute atomic E-state index is 0.119. The summed E-state index contributed by atoms with van der Waals surface area (Å²) in [6.45, 7) is 3.52. The predicted octanol–water partition coefficient (Wildman–Crippen LogP) is 4.93. The first-order valence-corrected chi connectivity index (χ1v) is 9.10. The van der Waals surface area contributed by atoms with E-state index in [1.807, 2.05) is 17.9 Å². The zero-order chi connectivity index (χ0) is 19.4. The minimum atomic E-state index is -0.589. The number of carbonyl (C=O) groups excluding carboxylic acids is 1. The van der Waals surface area contributed by atoms with Crippen molar-refractivity contribution in [3.8, 4) is 6.07 Å². The van der Waals surface area contributed by atoms with Gasteiger partial charge in [0.15, 0.2) is 0 Å². The van der Waals surface area contributed by atoms with Crippen LogP contribution in [-0.4, -0.2) is 19.0 Å². The number of nitrogens with zero attached hydrogens (tertiary/aromatic N) is 2. The Morgan fingerprint density at radius 2 is 2.00 bits per heavy atom. The second-order valence-corrected chi connectivity index (χ2v) is 6.87. The zero-order valence-corrected chi connectivity index (χ0v) is 15.7. The first-order chi connectivity index (χ1) is 13.0. The molecule has 0 unspecified atom stereocenters. The van der Waals surface area contributed by atoms with Gasteiger partial charge in [0.05, 0.1) is 16.4 Å².